The molecule has 11 aromatic carbocycles. The summed E-state index contributed by atoms with van der Waals surface area (Å²) < 4.78 is 0. The number of rotatable bonds is 8. The molecule has 0 unspecified atom stereocenters. The number of para-hydroxylation sites is 2. The van der Waals surface area contributed by atoms with E-state index in [1.807, 2.05) is 0 Å². The summed E-state index contributed by atoms with van der Waals surface area (Å²) in [6.45, 7) is 20.7. The minimum Gasteiger partial charge on any atom is -0.311 e. The van der Waals surface area contributed by atoms with Crippen LogP contribution in [-0.4, -0.2) is 14.8 Å². The van der Waals surface area contributed by atoms with E-state index in [2.05, 4.69) is 338 Å². The Bertz CT molecular complexity index is 4170. The molecule has 0 bridgehead atoms. The van der Waals surface area contributed by atoms with Crippen LogP contribution in [0.5, 0.6) is 0 Å². The smallest absolute Gasteiger partial charge is 0.252 e. The maximum Gasteiger partial charge on any atom is 0.252 e. The van der Waals surface area contributed by atoms with Crippen LogP contribution in [0, 0.1) is 0 Å². The predicted octanol–water partition coefficient (Wildman–Crippen LogP) is 16.2. The van der Waals surface area contributed by atoms with Crippen LogP contribution in [0.15, 0.2) is 261 Å². The van der Waals surface area contributed by atoms with Crippen molar-refractivity contribution >= 4 is 103 Å². The summed E-state index contributed by atoms with van der Waals surface area (Å²) >= 11 is 0. The van der Waals surface area contributed by atoms with Crippen molar-refractivity contribution < 1.29 is 0 Å². The summed E-state index contributed by atoms with van der Waals surface area (Å²) in [5.41, 5.74) is 23.0. The van der Waals surface area contributed by atoms with Crippen LogP contribution in [0.25, 0.3) is 22.3 Å². The summed E-state index contributed by atoms with van der Waals surface area (Å²) in [6.07, 6.45) is 0. The van der Waals surface area contributed by atoms with Gasteiger partial charge in [0.1, 0.15) is 0 Å². The molecule has 404 valence electrons. The Labute approximate surface area is 493 Å². The van der Waals surface area contributed by atoms with Gasteiger partial charge in [0.25, 0.3) is 6.71 Å². The van der Waals surface area contributed by atoms with Crippen LogP contribution < -0.4 is 51.8 Å². The predicted molar refractivity (Wildman–Crippen MR) is 359 cm³/mol. The third-order valence-corrected chi connectivity index (χ3v) is 22.9. The van der Waals surface area contributed by atoms with E-state index in [-0.39, 0.29) is 23.0 Å². The summed E-state index contributed by atoms with van der Waals surface area (Å²) in [6, 6.07) is 99.9. The average Bonchev–Trinajstić information content (AvgIpc) is 3.19. The molecule has 0 saturated carbocycles. The molecule has 3 heterocycles. The fraction of sp³-hybridized carbons (Fsp3) is 0.154. The van der Waals surface area contributed by atoms with Crippen molar-refractivity contribution in [3.63, 3.8) is 0 Å². The Morgan fingerprint density at radius 3 is 1.34 bits per heavy atom. The third kappa shape index (κ3) is 8.53. The molecule has 11 aromatic rings. The maximum atomic E-state index is 2.63. The molecule has 0 spiro atoms. The molecule has 3 aliphatic rings. The first-order chi connectivity index (χ1) is 40.1. The second-order valence-electron chi connectivity index (χ2n) is 26.2. The summed E-state index contributed by atoms with van der Waals surface area (Å²) in [5.74, 6) is 0. The van der Waals surface area contributed by atoms with Crippen LogP contribution in [0.3, 0.4) is 0 Å². The molecule has 0 aromatic heterocycles. The second kappa shape index (κ2) is 19.6. The number of anilines is 9. The number of hydrogen-bond acceptors (Lipinski definition) is 3. The molecule has 0 amide bonds. The Kier molecular flexibility index (Phi) is 12.4. The van der Waals surface area contributed by atoms with Crippen molar-refractivity contribution in [2.45, 2.75) is 78.6 Å². The van der Waals surface area contributed by atoms with Gasteiger partial charge in [-0.1, -0.05) is 250 Å². The van der Waals surface area contributed by atoms with E-state index >= 15 is 0 Å². The zero-order valence-corrected chi connectivity index (χ0v) is 50.2. The van der Waals surface area contributed by atoms with Gasteiger partial charge < -0.3 is 14.7 Å². The Morgan fingerprint density at radius 1 is 0.325 bits per heavy atom. The fourth-order valence-corrected chi connectivity index (χ4v) is 19.0. The lowest BCUT2D eigenvalue weighted by molar-refractivity contribution is 0.590. The van der Waals surface area contributed by atoms with E-state index in [0.29, 0.717) is 0 Å². The van der Waals surface area contributed by atoms with Crippen LogP contribution in [0.1, 0.15) is 79.0 Å². The zero-order valence-electron chi connectivity index (χ0n) is 49.2. The van der Waals surface area contributed by atoms with Gasteiger partial charge in [0.2, 0.25) is 0 Å². The third-order valence-electron chi connectivity index (χ3n) is 18.0. The Hall–Kier alpha value is -8.90. The van der Waals surface area contributed by atoms with Gasteiger partial charge in [0.15, 0.2) is 8.07 Å². The van der Waals surface area contributed by atoms with E-state index in [1.54, 1.807) is 0 Å². The van der Waals surface area contributed by atoms with Gasteiger partial charge in [-0.2, -0.15) is 0 Å². The van der Waals surface area contributed by atoms with Gasteiger partial charge in [-0.3, -0.25) is 0 Å². The highest BCUT2D eigenvalue weighted by Gasteiger charge is 2.50. The first-order valence-corrected chi connectivity index (χ1v) is 31.6. The largest absolute Gasteiger partial charge is 0.311 e. The number of fused-ring (bicyclic) bond motifs is 7. The first kappa shape index (κ1) is 52.2. The van der Waals surface area contributed by atoms with Gasteiger partial charge in [-0.05, 0) is 160 Å². The molecule has 5 heteroatoms. The van der Waals surface area contributed by atoms with E-state index in [0.717, 1.165) is 39.8 Å². The van der Waals surface area contributed by atoms with E-state index < -0.39 is 8.07 Å². The van der Waals surface area contributed by atoms with Crippen molar-refractivity contribution in [2.24, 2.45) is 0 Å². The Balaban J connectivity index is 1.10. The van der Waals surface area contributed by atoms with E-state index in [4.69, 9.17) is 0 Å². The molecular weight excluding hydrogens is 1020 g/mol. The van der Waals surface area contributed by atoms with Crippen molar-refractivity contribution in [3.05, 3.63) is 278 Å². The average molecular weight is 1090 g/mol. The summed E-state index contributed by atoms with van der Waals surface area (Å²) in [4.78, 5) is 7.74. The van der Waals surface area contributed by atoms with Gasteiger partial charge in [-0.15, -0.1) is 0 Å². The Morgan fingerprint density at radius 2 is 0.783 bits per heavy atom. The normalized spacial score (nSPS) is 13.9. The lowest BCUT2D eigenvalue weighted by Gasteiger charge is -2.45. The van der Waals surface area contributed by atoms with Gasteiger partial charge >= 0.3 is 0 Å². The standard InChI is InChI=1S/C78H70BN3Si/c1-76(2,3)54-37-42-57(43-38-54)80(58-44-39-55(40-45-58)77(4,5)6)60-50-71-75-72(51-60)82(68-48-41-56(78(7,8)9)49-65(68)53-25-13-10-14-26-53)70-35-23-21-33-67(70)79(75)66-32-20-22-34-69(66)81(71)59-46-47-64-63-31-19-24-36-73(63)83(74(64)52-59,61-27-15-11-16-28-61)62-29-17-12-18-30-62/h10-52H,1-9H3. The summed E-state index contributed by atoms with van der Waals surface area (Å²) in [7, 11) is -2.88. The first-order valence-electron chi connectivity index (χ1n) is 29.6. The zero-order chi connectivity index (χ0) is 57.0. The van der Waals surface area contributed by atoms with Gasteiger partial charge in [0.05, 0.1) is 11.4 Å². The monoisotopic (exact) mass is 1090 g/mol. The van der Waals surface area contributed by atoms with Crippen molar-refractivity contribution in [2.75, 3.05) is 14.7 Å². The number of nitrogens with zero attached hydrogens (tertiary/aromatic N) is 3. The summed E-state index contributed by atoms with van der Waals surface area (Å²) in [5, 5.41) is 5.62. The molecule has 0 radical (unpaired) electrons. The molecule has 14 rings (SSSR count). The van der Waals surface area contributed by atoms with E-state index in [9.17, 15) is 0 Å². The molecule has 0 atom stereocenters. The van der Waals surface area contributed by atoms with E-state index in [1.165, 1.54) is 87.5 Å². The molecule has 0 saturated heterocycles. The molecule has 0 aliphatic carbocycles. The van der Waals surface area contributed by atoms with Gasteiger partial charge in [0, 0.05) is 45.4 Å². The highest BCUT2D eigenvalue weighted by molar-refractivity contribution is 7.22. The lowest BCUT2D eigenvalue weighted by atomic mass is 9.33. The van der Waals surface area contributed by atoms with Crippen molar-refractivity contribution in [1.29, 1.82) is 0 Å². The van der Waals surface area contributed by atoms with Crippen molar-refractivity contribution in [1.82, 2.24) is 0 Å². The number of hydrogen-bond donors (Lipinski definition) is 0. The van der Waals surface area contributed by atoms with Crippen LogP contribution in [0.4, 0.5) is 51.2 Å². The highest BCUT2D eigenvalue weighted by Crippen LogP contribution is 2.51. The molecule has 0 fully saturated rings. The molecule has 0 N–H and O–H groups in total. The number of benzene rings is 11. The van der Waals surface area contributed by atoms with Gasteiger partial charge in [-0.25, -0.2) is 0 Å². The lowest BCUT2D eigenvalue weighted by Crippen LogP contribution is -2.72. The van der Waals surface area contributed by atoms with Crippen LogP contribution in [-0.2, 0) is 16.2 Å². The molecule has 83 heavy (non-hydrogen) atoms. The fourth-order valence-electron chi connectivity index (χ4n) is 13.8. The van der Waals surface area contributed by atoms with Crippen LogP contribution in [0.2, 0.25) is 0 Å². The second-order valence-corrected chi connectivity index (χ2v) is 29.9. The van der Waals surface area contributed by atoms with Crippen molar-refractivity contribution in [3.8, 4) is 22.3 Å². The minimum absolute atomic E-state index is 0.0117. The maximum absolute atomic E-state index is 2.88. The van der Waals surface area contributed by atoms with Crippen LogP contribution >= 0.6 is 0 Å². The molecular formula is C78H70BN3Si. The minimum atomic E-state index is -2.88. The quantitative estimate of drug-likeness (QED) is 0.140. The molecule has 3 nitrogen and oxygen atoms in total. The SMILES string of the molecule is CC(C)(C)c1ccc(N(c2ccc(C(C)(C)C)cc2)c2cc3c4c(c2)N(c2ccc(C(C)(C)C)cc2-c2ccccc2)c2ccccc2B4c2ccccc2N3c2ccc3c(c2)[Si](c2ccccc2)(c2ccccc2)c2ccccc2-3)cc1. The molecule has 3 aliphatic heterocycles. The highest BCUT2D eigenvalue weighted by atomic mass is 28.3. The topological polar surface area (TPSA) is 9.72 Å².